The van der Waals surface area contributed by atoms with Crippen LogP contribution >= 0.6 is 0 Å². The molecule has 32 heavy (non-hydrogen) atoms. The van der Waals surface area contributed by atoms with E-state index in [9.17, 15) is 13.4 Å². The molecule has 0 aliphatic heterocycles. The lowest BCUT2D eigenvalue weighted by Gasteiger charge is -2.18. The lowest BCUT2D eigenvalue weighted by molar-refractivity contribution is -0.120. The number of carbonyl (C=O) groups excluding carboxylic acids is 1. The van der Waals surface area contributed by atoms with E-state index in [2.05, 4.69) is 24.1 Å². The quantitative estimate of drug-likeness (QED) is 0.596. The Kier molecular flexibility index (Phi) is 8.15. The molecule has 1 atom stereocenters. The molecule has 0 saturated carbocycles. The third-order valence-electron chi connectivity index (χ3n) is 5.96. The number of rotatable bonds is 9. The highest BCUT2D eigenvalue weighted by molar-refractivity contribution is 7.84. The Balaban J connectivity index is 1.85. The summed E-state index contributed by atoms with van der Waals surface area (Å²) in [6, 6.07) is 12.3. The first-order chi connectivity index (χ1) is 15.3. The number of nitrogens with one attached hydrogen (secondary N) is 1. The molecule has 0 radical (unpaired) electrons. The summed E-state index contributed by atoms with van der Waals surface area (Å²) < 4.78 is 25.7. The summed E-state index contributed by atoms with van der Waals surface area (Å²) in [5.74, 6) is -0.371. The van der Waals surface area contributed by atoms with Gasteiger partial charge >= 0.3 is 0 Å². The molecule has 0 bridgehead atoms. The zero-order chi connectivity index (χ0) is 23.3. The second-order valence-corrected chi connectivity index (χ2v) is 9.31. The van der Waals surface area contributed by atoms with E-state index in [-0.39, 0.29) is 18.1 Å². The molecule has 170 valence electrons. The largest absolute Gasteiger partial charge is 0.355 e. The number of nitrogens with zero attached hydrogens (tertiary/aromatic N) is 1. The van der Waals surface area contributed by atoms with E-state index in [1.54, 1.807) is 12.3 Å². The molecule has 6 heteroatoms. The van der Waals surface area contributed by atoms with Crippen molar-refractivity contribution in [2.75, 3.05) is 32.4 Å². The number of amides is 1. The zero-order valence-electron chi connectivity index (χ0n) is 19.2. The highest BCUT2D eigenvalue weighted by Gasteiger charge is 2.25. The Morgan fingerprint density at radius 3 is 2.41 bits per heavy atom. The van der Waals surface area contributed by atoms with Crippen LogP contribution in [0, 0.1) is 5.82 Å². The number of halogens is 1. The minimum Gasteiger partial charge on any atom is -0.355 e. The van der Waals surface area contributed by atoms with Crippen molar-refractivity contribution in [2.24, 2.45) is 0 Å². The second-order valence-electron chi connectivity index (χ2n) is 7.93. The Morgan fingerprint density at radius 2 is 1.78 bits per heavy atom. The van der Waals surface area contributed by atoms with Gasteiger partial charge in [-0.1, -0.05) is 32.0 Å². The zero-order valence-corrected chi connectivity index (χ0v) is 20.0. The summed E-state index contributed by atoms with van der Waals surface area (Å²) in [7, 11) is -1.03. The Bertz CT molecular complexity index is 1070. The minimum absolute atomic E-state index is 0.0576. The van der Waals surface area contributed by atoms with Crippen LogP contribution in [-0.2, 0) is 15.6 Å². The summed E-state index contributed by atoms with van der Waals surface area (Å²) in [6.45, 7) is 9.50. The van der Waals surface area contributed by atoms with Crippen molar-refractivity contribution in [3.05, 3.63) is 70.5 Å². The van der Waals surface area contributed by atoms with Crippen LogP contribution in [0.3, 0.4) is 0 Å². The fraction of sp³-hybridized carbons (Fsp3) is 0.346. The van der Waals surface area contributed by atoms with Gasteiger partial charge < -0.3 is 10.2 Å². The highest BCUT2D eigenvalue weighted by atomic mass is 32.2. The molecule has 0 aromatic heterocycles. The fourth-order valence-electron chi connectivity index (χ4n) is 4.02. The van der Waals surface area contributed by atoms with Crippen molar-refractivity contribution in [3.8, 4) is 0 Å². The lowest BCUT2D eigenvalue weighted by atomic mass is 10.0. The van der Waals surface area contributed by atoms with Crippen molar-refractivity contribution < 1.29 is 13.4 Å². The van der Waals surface area contributed by atoms with Crippen LogP contribution in [0.4, 0.5) is 4.39 Å². The van der Waals surface area contributed by atoms with Gasteiger partial charge in [0.15, 0.2) is 0 Å². The molecule has 3 rings (SSSR count). The molecule has 0 fully saturated rings. The number of hydrogen-bond acceptors (Lipinski definition) is 3. The average molecular weight is 455 g/mol. The topological polar surface area (TPSA) is 49.4 Å². The predicted molar refractivity (Wildman–Crippen MR) is 131 cm³/mol. The molecular formula is C26H31FN2O2S. The van der Waals surface area contributed by atoms with Gasteiger partial charge in [-0.3, -0.25) is 9.00 Å². The summed E-state index contributed by atoms with van der Waals surface area (Å²) in [4.78, 5) is 15.7. The van der Waals surface area contributed by atoms with E-state index in [0.29, 0.717) is 6.54 Å². The summed E-state index contributed by atoms with van der Waals surface area (Å²) in [5, 5.41) is 3.00. The number of hydrogen-bond donors (Lipinski definition) is 1. The van der Waals surface area contributed by atoms with E-state index >= 15 is 0 Å². The van der Waals surface area contributed by atoms with Gasteiger partial charge in [-0.05, 0) is 83.8 Å². The molecule has 0 saturated heterocycles. The van der Waals surface area contributed by atoms with Crippen molar-refractivity contribution in [3.63, 3.8) is 0 Å². The smallest absolute Gasteiger partial charge is 0.224 e. The van der Waals surface area contributed by atoms with Crippen LogP contribution in [0.5, 0.6) is 0 Å². The van der Waals surface area contributed by atoms with Gasteiger partial charge in [0.05, 0.1) is 6.42 Å². The maximum Gasteiger partial charge on any atom is 0.224 e. The van der Waals surface area contributed by atoms with Gasteiger partial charge in [-0.15, -0.1) is 0 Å². The van der Waals surface area contributed by atoms with Gasteiger partial charge in [-0.25, -0.2) is 4.39 Å². The number of fused-ring (bicyclic) bond motifs is 1. The molecule has 2 aromatic carbocycles. The summed E-state index contributed by atoms with van der Waals surface area (Å²) >= 11 is 0. The first kappa shape index (κ1) is 24.1. The number of carbonyl (C=O) groups is 1. The highest BCUT2D eigenvalue weighted by Crippen LogP contribution is 2.43. The molecule has 0 spiro atoms. The van der Waals surface area contributed by atoms with Crippen LogP contribution in [0.25, 0.3) is 17.2 Å². The van der Waals surface area contributed by atoms with Crippen molar-refractivity contribution in [1.29, 1.82) is 0 Å². The third kappa shape index (κ3) is 5.61. The maximum absolute atomic E-state index is 14.1. The van der Waals surface area contributed by atoms with Crippen LogP contribution < -0.4 is 5.32 Å². The molecule has 1 unspecified atom stereocenters. The predicted octanol–water partition coefficient (Wildman–Crippen LogP) is 4.74. The van der Waals surface area contributed by atoms with Crippen molar-refractivity contribution in [1.82, 2.24) is 10.2 Å². The first-order valence-corrected chi connectivity index (χ1v) is 12.5. The number of benzene rings is 2. The Morgan fingerprint density at radius 1 is 1.09 bits per heavy atom. The standard InChI is InChI=1S/C26H31FN2O2S/c1-5-29(6-2)14-13-28-26(30)17-24-18(3)23(22-12-9-20(27)16-25(22)24)15-19-7-10-21(11-8-19)32(4)31/h7-12,15-16H,5-6,13-14,17H2,1-4H3,(H,28,30)/b23-15-. The molecule has 1 amide bonds. The average Bonchev–Trinajstić information content (AvgIpc) is 3.02. The van der Waals surface area contributed by atoms with Gasteiger partial charge in [0.2, 0.25) is 5.91 Å². The molecule has 2 aromatic rings. The number of likely N-dealkylation sites (N-methyl/N-ethyl adjacent to an activating group) is 1. The second kappa shape index (κ2) is 10.8. The molecule has 1 aliphatic rings. The molecule has 1 aliphatic carbocycles. The van der Waals surface area contributed by atoms with E-state index < -0.39 is 10.8 Å². The lowest BCUT2D eigenvalue weighted by Crippen LogP contribution is -2.34. The first-order valence-electron chi connectivity index (χ1n) is 11.0. The molecule has 4 nitrogen and oxygen atoms in total. The van der Waals surface area contributed by atoms with Gasteiger partial charge in [-0.2, -0.15) is 0 Å². The van der Waals surface area contributed by atoms with E-state index in [1.807, 2.05) is 37.3 Å². The SMILES string of the molecule is CCN(CC)CCNC(=O)CC1=C(C)/C(=C/c2ccc(S(C)=O)cc2)c2ccc(F)cc21. The monoisotopic (exact) mass is 454 g/mol. The van der Waals surface area contributed by atoms with E-state index in [4.69, 9.17) is 0 Å². The summed E-state index contributed by atoms with van der Waals surface area (Å²) in [5.41, 5.74) is 5.49. The van der Waals surface area contributed by atoms with Crippen LogP contribution in [0.1, 0.15) is 43.9 Å². The van der Waals surface area contributed by atoms with Crippen LogP contribution in [0.15, 0.2) is 52.9 Å². The Hall–Kier alpha value is -2.57. The summed E-state index contributed by atoms with van der Waals surface area (Å²) in [6.07, 6.45) is 3.91. The van der Waals surface area contributed by atoms with Gasteiger partial charge in [0.1, 0.15) is 5.82 Å². The normalized spacial score (nSPS) is 15.4. The fourth-order valence-corrected chi connectivity index (χ4v) is 4.54. The van der Waals surface area contributed by atoms with Crippen LogP contribution in [-0.4, -0.2) is 47.5 Å². The molecule has 1 N–H and O–H groups in total. The third-order valence-corrected chi connectivity index (χ3v) is 6.89. The van der Waals surface area contributed by atoms with Gasteiger partial charge in [0.25, 0.3) is 0 Å². The molecule has 0 heterocycles. The van der Waals surface area contributed by atoms with E-state index in [0.717, 1.165) is 57.9 Å². The number of allylic oxidation sites excluding steroid dienone is 2. The molecular weight excluding hydrogens is 423 g/mol. The van der Waals surface area contributed by atoms with Crippen LogP contribution in [0.2, 0.25) is 0 Å². The minimum atomic E-state index is -1.03. The van der Waals surface area contributed by atoms with Gasteiger partial charge in [0, 0.05) is 35.0 Å². The van der Waals surface area contributed by atoms with E-state index in [1.165, 1.54) is 12.1 Å². The van der Waals surface area contributed by atoms with Crippen molar-refractivity contribution in [2.45, 2.75) is 32.1 Å². The maximum atomic E-state index is 14.1. The Labute approximate surface area is 192 Å². The van der Waals surface area contributed by atoms with Crippen molar-refractivity contribution >= 4 is 33.9 Å².